The van der Waals surface area contributed by atoms with E-state index < -0.39 is 18.4 Å². The van der Waals surface area contributed by atoms with Crippen LogP contribution in [0.2, 0.25) is 5.02 Å². The summed E-state index contributed by atoms with van der Waals surface area (Å²) in [5.74, 6) is -0.768. The molecule has 0 aliphatic heterocycles. The van der Waals surface area contributed by atoms with Gasteiger partial charge in [0.25, 0.3) is 0 Å². The number of anilines is 3. The lowest BCUT2D eigenvalue weighted by atomic mass is 10.1. The van der Waals surface area contributed by atoms with E-state index in [1.165, 1.54) is 30.5 Å². The summed E-state index contributed by atoms with van der Waals surface area (Å²) in [6.07, 6.45) is 4.36. The van der Waals surface area contributed by atoms with Gasteiger partial charge in [0.2, 0.25) is 5.91 Å². The van der Waals surface area contributed by atoms with Crippen molar-refractivity contribution in [3.8, 4) is 11.8 Å². The van der Waals surface area contributed by atoms with Gasteiger partial charge in [-0.3, -0.25) is 9.78 Å². The van der Waals surface area contributed by atoms with Crippen LogP contribution in [0.4, 0.5) is 25.8 Å². The number of carbonyl (C=O) groups is 1. The van der Waals surface area contributed by atoms with Crippen molar-refractivity contribution < 1.29 is 18.3 Å². The van der Waals surface area contributed by atoms with Crippen LogP contribution in [-0.4, -0.2) is 37.8 Å². The lowest BCUT2D eigenvalue weighted by Crippen LogP contribution is -2.12. The molecular weight excluding hydrogens is 487 g/mol. The number of ether oxygens (including phenoxy) is 1. The van der Waals surface area contributed by atoms with Gasteiger partial charge in [-0.25, -0.2) is 8.78 Å². The first kappa shape index (κ1) is 26.8. The van der Waals surface area contributed by atoms with Crippen LogP contribution in [0, 0.1) is 17.1 Å². The quantitative estimate of drug-likeness (QED) is 0.347. The molecule has 0 spiro atoms. The summed E-state index contributed by atoms with van der Waals surface area (Å²) < 4.78 is 31.7. The first-order chi connectivity index (χ1) is 16.0. The molecule has 1 heterocycles. The van der Waals surface area contributed by atoms with Crippen molar-refractivity contribution in [1.29, 1.82) is 5.26 Å². The zero-order valence-electron chi connectivity index (χ0n) is 18.0. The summed E-state index contributed by atoms with van der Waals surface area (Å²) in [6, 6.07) is 9.24. The minimum atomic E-state index is -0.716. The molecule has 0 bridgehead atoms. The topological polar surface area (TPSA) is 99.1 Å². The molecule has 3 N–H and O–H groups in total. The van der Waals surface area contributed by atoms with Crippen molar-refractivity contribution in [2.75, 3.05) is 37.5 Å². The number of amides is 1. The summed E-state index contributed by atoms with van der Waals surface area (Å²) in [5.41, 5.74) is 1.74. The average molecular weight is 508 g/mol. The highest BCUT2D eigenvalue weighted by molar-refractivity contribution is 6.31. The van der Waals surface area contributed by atoms with E-state index in [4.69, 9.17) is 16.3 Å². The highest BCUT2D eigenvalue weighted by atomic mass is 35.5. The number of halogens is 4. The van der Waals surface area contributed by atoms with E-state index in [0.717, 1.165) is 0 Å². The molecule has 11 heteroatoms. The maximum Gasteiger partial charge on any atom is 0.248 e. The highest BCUT2D eigenvalue weighted by Gasteiger charge is 2.16. The maximum atomic E-state index is 13.6. The van der Waals surface area contributed by atoms with E-state index in [2.05, 4.69) is 27.0 Å². The largest absolute Gasteiger partial charge is 0.489 e. The number of nitrogens with zero attached hydrogens (tertiary/aromatic N) is 2. The number of alkyl halides is 1. The molecule has 1 amide bonds. The van der Waals surface area contributed by atoms with E-state index in [-0.39, 0.29) is 41.0 Å². The van der Waals surface area contributed by atoms with E-state index in [0.29, 0.717) is 28.8 Å². The van der Waals surface area contributed by atoms with Gasteiger partial charge in [-0.05, 0) is 31.3 Å². The van der Waals surface area contributed by atoms with Crippen LogP contribution in [0.3, 0.4) is 0 Å². The monoisotopic (exact) mass is 507 g/mol. The Bertz CT molecular complexity index is 1250. The molecule has 2 aromatic carbocycles. The molecule has 0 saturated carbocycles. The Labute approximate surface area is 206 Å². The SMILES string of the molecule is CNC/C=C/C(=O)Nc1cc2c(Nc3ccc(F)c(Cl)c3)c(C#N)cnc2cc1OCCF.Cl. The van der Waals surface area contributed by atoms with Crippen LogP contribution in [0.25, 0.3) is 10.9 Å². The number of carbonyl (C=O) groups excluding carboxylic acids is 1. The molecule has 34 heavy (non-hydrogen) atoms. The third-order valence-corrected chi connectivity index (χ3v) is 4.75. The molecule has 0 radical (unpaired) electrons. The highest BCUT2D eigenvalue weighted by Crippen LogP contribution is 2.36. The Balaban J connectivity index is 0.00000408. The number of rotatable bonds is 9. The number of pyridine rings is 1. The number of fused-ring (bicyclic) bond motifs is 1. The number of hydrogen-bond donors (Lipinski definition) is 3. The summed E-state index contributed by atoms with van der Waals surface area (Å²) >= 11 is 5.88. The molecule has 0 aliphatic rings. The number of nitrogens with one attached hydrogen (secondary N) is 3. The molecule has 3 rings (SSSR count). The third-order valence-electron chi connectivity index (χ3n) is 4.46. The number of likely N-dealkylation sites (N-methyl/N-ethyl adjacent to an activating group) is 1. The lowest BCUT2D eigenvalue weighted by molar-refractivity contribution is -0.111. The molecule has 1 aromatic heterocycles. The Kier molecular flexibility index (Phi) is 10.0. The molecule has 3 aromatic rings. The molecule has 0 aliphatic carbocycles. The first-order valence-electron chi connectivity index (χ1n) is 9.86. The van der Waals surface area contributed by atoms with Crippen molar-refractivity contribution in [2.45, 2.75) is 0 Å². The van der Waals surface area contributed by atoms with Gasteiger partial charge in [0.15, 0.2) is 0 Å². The Morgan fingerprint density at radius 1 is 1.32 bits per heavy atom. The van der Waals surface area contributed by atoms with Crippen LogP contribution >= 0.6 is 24.0 Å². The Morgan fingerprint density at radius 3 is 2.79 bits per heavy atom. The van der Waals surface area contributed by atoms with Crippen molar-refractivity contribution in [2.24, 2.45) is 0 Å². The summed E-state index contributed by atoms with van der Waals surface area (Å²) in [5, 5.41) is 18.7. The molecule has 0 unspecified atom stereocenters. The van der Waals surface area contributed by atoms with Gasteiger partial charge in [-0.15, -0.1) is 12.4 Å². The van der Waals surface area contributed by atoms with Crippen LogP contribution in [-0.2, 0) is 4.79 Å². The third kappa shape index (κ3) is 6.54. The van der Waals surface area contributed by atoms with Crippen LogP contribution in [0.15, 0.2) is 48.7 Å². The average Bonchev–Trinajstić information content (AvgIpc) is 2.80. The molecule has 7 nitrogen and oxygen atoms in total. The maximum absolute atomic E-state index is 13.6. The van der Waals surface area contributed by atoms with Crippen LogP contribution < -0.4 is 20.7 Å². The fraction of sp³-hybridized carbons (Fsp3) is 0.174. The fourth-order valence-corrected chi connectivity index (χ4v) is 3.16. The van der Waals surface area contributed by atoms with Crippen molar-refractivity contribution in [3.63, 3.8) is 0 Å². The van der Waals surface area contributed by atoms with Crippen LogP contribution in [0.1, 0.15) is 5.56 Å². The van der Waals surface area contributed by atoms with E-state index >= 15 is 0 Å². The smallest absolute Gasteiger partial charge is 0.248 e. The second-order valence-corrected chi connectivity index (χ2v) is 7.17. The Morgan fingerprint density at radius 2 is 2.12 bits per heavy atom. The predicted molar refractivity (Wildman–Crippen MR) is 132 cm³/mol. The molecular formula is C23H21Cl2F2N5O2. The summed E-state index contributed by atoms with van der Waals surface area (Å²) in [7, 11) is 1.75. The molecule has 0 fully saturated rings. The second-order valence-electron chi connectivity index (χ2n) is 6.76. The van der Waals surface area contributed by atoms with Gasteiger partial charge >= 0.3 is 0 Å². The minimum Gasteiger partial charge on any atom is -0.489 e. The van der Waals surface area contributed by atoms with Gasteiger partial charge in [-0.1, -0.05) is 17.7 Å². The zero-order chi connectivity index (χ0) is 23.8. The summed E-state index contributed by atoms with van der Waals surface area (Å²) in [6.45, 7) is -0.425. The fourth-order valence-electron chi connectivity index (χ4n) is 2.98. The van der Waals surface area contributed by atoms with Gasteiger partial charge in [0.1, 0.15) is 30.9 Å². The normalized spacial score (nSPS) is 10.6. The Hall–Kier alpha value is -3.45. The van der Waals surface area contributed by atoms with Crippen molar-refractivity contribution >= 4 is 57.9 Å². The second kappa shape index (κ2) is 12.7. The van der Waals surface area contributed by atoms with Gasteiger partial charge in [0, 0.05) is 36.0 Å². The van der Waals surface area contributed by atoms with Gasteiger partial charge in [-0.2, -0.15) is 5.26 Å². The number of benzene rings is 2. The number of nitriles is 1. The first-order valence-corrected chi connectivity index (χ1v) is 10.2. The molecule has 0 saturated heterocycles. The lowest BCUT2D eigenvalue weighted by Gasteiger charge is -2.16. The predicted octanol–water partition coefficient (Wildman–Crippen LogP) is 5.13. The summed E-state index contributed by atoms with van der Waals surface area (Å²) in [4.78, 5) is 16.6. The number of aromatic nitrogens is 1. The van der Waals surface area contributed by atoms with Crippen molar-refractivity contribution in [1.82, 2.24) is 10.3 Å². The van der Waals surface area contributed by atoms with E-state index in [1.54, 1.807) is 25.3 Å². The zero-order valence-corrected chi connectivity index (χ0v) is 19.6. The molecule has 0 atom stereocenters. The van der Waals surface area contributed by atoms with E-state index in [1.807, 2.05) is 0 Å². The number of hydrogen-bond acceptors (Lipinski definition) is 6. The van der Waals surface area contributed by atoms with Crippen LogP contribution in [0.5, 0.6) is 5.75 Å². The standard InChI is InChI=1S/C23H20ClF2N5O2.ClH/c1-28-7-2-3-22(32)31-20-10-16-19(11-21(20)33-8-6-25)29-13-14(12-27)23(16)30-15-4-5-18(26)17(24)9-15;/h2-5,9-11,13,28H,6-8H2,1H3,(H,29,30)(H,31,32);1H/b3-2+;. The van der Waals surface area contributed by atoms with Crippen molar-refractivity contribution in [3.05, 3.63) is 65.1 Å². The van der Waals surface area contributed by atoms with Gasteiger partial charge < -0.3 is 20.7 Å². The minimum absolute atomic E-state index is 0. The molecule has 178 valence electrons. The van der Waals surface area contributed by atoms with Gasteiger partial charge in [0.05, 0.1) is 27.5 Å². The van der Waals surface area contributed by atoms with E-state index in [9.17, 15) is 18.8 Å².